The van der Waals surface area contributed by atoms with Crippen molar-refractivity contribution in [1.29, 1.82) is 0 Å². The second-order valence-corrected chi connectivity index (χ2v) is 8.31. The fourth-order valence-corrected chi connectivity index (χ4v) is 5.13. The minimum absolute atomic E-state index is 0.0870. The lowest BCUT2D eigenvalue weighted by molar-refractivity contribution is -0.136. The Balaban J connectivity index is 1.25. The van der Waals surface area contributed by atoms with Gasteiger partial charge in [-0.15, -0.1) is 0 Å². The molecule has 27 heavy (non-hydrogen) atoms. The van der Waals surface area contributed by atoms with E-state index in [0.717, 1.165) is 68.5 Å². The van der Waals surface area contributed by atoms with E-state index in [2.05, 4.69) is 43.5 Å². The van der Waals surface area contributed by atoms with E-state index in [9.17, 15) is 4.79 Å². The number of benzene rings is 1. The molecule has 1 fully saturated rings. The highest BCUT2D eigenvalue weighted by molar-refractivity contribution is 7.13. The number of H-pyrrole nitrogens is 1. The highest BCUT2D eigenvalue weighted by Crippen LogP contribution is 2.30. The van der Waals surface area contributed by atoms with E-state index in [4.69, 9.17) is 0 Å². The van der Waals surface area contributed by atoms with Crippen LogP contribution in [0.1, 0.15) is 23.6 Å². The Bertz CT molecular complexity index is 985. The number of amides is 1. The van der Waals surface area contributed by atoms with Gasteiger partial charge in [-0.2, -0.15) is 4.37 Å². The van der Waals surface area contributed by atoms with Gasteiger partial charge in [-0.25, -0.2) is 4.98 Å². The summed E-state index contributed by atoms with van der Waals surface area (Å²) in [6, 6.07) is 8.37. The molecule has 7 heteroatoms. The molecule has 1 unspecified atom stereocenters. The molecule has 1 saturated heterocycles. The fourth-order valence-electron chi connectivity index (χ4n) is 4.33. The van der Waals surface area contributed by atoms with Crippen LogP contribution in [-0.4, -0.2) is 51.3 Å². The lowest BCUT2D eigenvalue weighted by Gasteiger charge is -2.37. The maximum Gasteiger partial charge on any atom is 0.226 e. The van der Waals surface area contributed by atoms with Crippen LogP contribution in [0.3, 0.4) is 0 Å². The zero-order chi connectivity index (χ0) is 18.4. The molecule has 0 radical (unpaired) electrons. The summed E-state index contributed by atoms with van der Waals surface area (Å²) in [5.74, 6) is 2.41. The standard InChI is InChI=1S/C20H23N5OS/c1-13-21-16-7-6-14(12-17(16)22-13)20(26)25-10-8-24(9-11-25)19-15-4-2-3-5-18(15)27-23-19/h2-5,14H,6-12H2,1H3,(H,21,22). The lowest BCUT2D eigenvalue weighted by Crippen LogP contribution is -2.51. The number of aryl methyl sites for hydroxylation is 2. The van der Waals surface area contributed by atoms with Crippen molar-refractivity contribution in [3.05, 3.63) is 41.5 Å². The van der Waals surface area contributed by atoms with Gasteiger partial charge < -0.3 is 14.8 Å². The predicted molar refractivity (Wildman–Crippen MR) is 107 cm³/mol. The SMILES string of the molecule is Cc1nc2c([nH]1)CC(C(=O)N1CCN(c3nsc4ccccc34)CC1)CC2. The summed E-state index contributed by atoms with van der Waals surface area (Å²) in [6.45, 7) is 5.23. The topological polar surface area (TPSA) is 65.1 Å². The summed E-state index contributed by atoms with van der Waals surface area (Å²) >= 11 is 1.55. The van der Waals surface area contributed by atoms with Crippen LogP contribution in [0.5, 0.6) is 0 Å². The molecule has 1 aliphatic carbocycles. The molecule has 3 heterocycles. The summed E-state index contributed by atoms with van der Waals surface area (Å²) in [6.07, 6.45) is 2.61. The molecule has 0 bridgehead atoms. The molecule has 1 amide bonds. The number of carbonyl (C=O) groups is 1. The van der Waals surface area contributed by atoms with Crippen LogP contribution in [0.4, 0.5) is 5.82 Å². The van der Waals surface area contributed by atoms with Gasteiger partial charge in [0, 0.05) is 49.6 Å². The first kappa shape index (κ1) is 16.7. The molecule has 1 N–H and O–H groups in total. The minimum Gasteiger partial charge on any atom is -0.352 e. The van der Waals surface area contributed by atoms with Crippen molar-refractivity contribution in [2.24, 2.45) is 5.92 Å². The molecule has 2 aliphatic rings. The van der Waals surface area contributed by atoms with Gasteiger partial charge >= 0.3 is 0 Å². The Hall–Kier alpha value is -2.41. The molecule has 0 spiro atoms. The number of aromatic amines is 1. The molecule has 140 valence electrons. The van der Waals surface area contributed by atoms with Gasteiger partial charge in [-0.05, 0) is 43.4 Å². The highest BCUT2D eigenvalue weighted by atomic mass is 32.1. The van der Waals surface area contributed by atoms with E-state index in [1.165, 1.54) is 10.1 Å². The predicted octanol–water partition coefficient (Wildman–Crippen LogP) is 2.78. The Morgan fingerprint density at radius 3 is 2.89 bits per heavy atom. The third kappa shape index (κ3) is 3.00. The van der Waals surface area contributed by atoms with Gasteiger partial charge in [0.2, 0.25) is 5.91 Å². The number of piperazine rings is 1. The number of fused-ring (bicyclic) bond motifs is 2. The Labute approximate surface area is 162 Å². The molecule has 1 atom stereocenters. The first-order chi connectivity index (χ1) is 13.2. The van der Waals surface area contributed by atoms with Gasteiger partial charge in [-0.3, -0.25) is 4.79 Å². The molecule has 6 nitrogen and oxygen atoms in total. The van der Waals surface area contributed by atoms with Gasteiger partial charge in [0.25, 0.3) is 0 Å². The number of hydrogen-bond donors (Lipinski definition) is 1. The Morgan fingerprint density at radius 1 is 1.22 bits per heavy atom. The number of nitrogens with zero attached hydrogens (tertiary/aromatic N) is 4. The average Bonchev–Trinajstić information content (AvgIpc) is 3.29. The van der Waals surface area contributed by atoms with Crippen LogP contribution in [0.2, 0.25) is 0 Å². The zero-order valence-corrected chi connectivity index (χ0v) is 16.3. The maximum atomic E-state index is 13.0. The second kappa shape index (κ2) is 6.64. The molecular formula is C20H23N5OS. The fraction of sp³-hybridized carbons (Fsp3) is 0.450. The number of imidazole rings is 1. The second-order valence-electron chi connectivity index (χ2n) is 7.50. The largest absolute Gasteiger partial charge is 0.352 e. The van der Waals surface area contributed by atoms with Crippen LogP contribution in [0.15, 0.2) is 24.3 Å². The Morgan fingerprint density at radius 2 is 2.04 bits per heavy atom. The van der Waals surface area contributed by atoms with Gasteiger partial charge in [0.1, 0.15) is 11.6 Å². The molecule has 1 aromatic carbocycles. The van der Waals surface area contributed by atoms with E-state index in [-0.39, 0.29) is 5.92 Å². The van der Waals surface area contributed by atoms with Crippen LogP contribution in [0, 0.1) is 12.8 Å². The van der Waals surface area contributed by atoms with Gasteiger partial charge in [-0.1, -0.05) is 12.1 Å². The van der Waals surface area contributed by atoms with Gasteiger partial charge in [0.15, 0.2) is 0 Å². The van der Waals surface area contributed by atoms with Crippen molar-refractivity contribution in [3.8, 4) is 0 Å². The van der Waals surface area contributed by atoms with Crippen molar-refractivity contribution < 1.29 is 4.79 Å². The molecule has 3 aromatic rings. The maximum absolute atomic E-state index is 13.0. The zero-order valence-electron chi connectivity index (χ0n) is 15.4. The molecular weight excluding hydrogens is 358 g/mol. The molecule has 1 aliphatic heterocycles. The van der Waals surface area contributed by atoms with E-state index in [1.54, 1.807) is 11.5 Å². The van der Waals surface area contributed by atoms with Crippen LogP contribution < -0.4 is 4.90 Å². The smallest absolute Gasteiger partial charge is 0.226 e. The minimum atomic E-state index is 0.0870. The van der Waals surface area contributed by atoms with Crippen LogP contribution >= 0.6 is 11.5 Å². The average molecular weight is 382 g/mol. The molecule has 2 aromatic heterocycles. The number of hydrogen-bond acceptors (Lipinski definition) is 5. The first-order valence-corrected chi connectivity index (χ1v) is 10.4. The van der Waals surface area contributed by atoms with Crippen molar-refractivity contribution >= 4 is 33.3 Å². The van der Waals surface area contributed by atoms with E-state index >= 15 is 0 Å². The quantitative estimate of drug-likeness (QED) is 0.741. The lowest BCUT2D eigenvalue weighted by atomic mass is 9.88. The highest BCUT2D eigenvalue weighted by Gasteiger charge is 2.32. The van der Waals surface area contributed by atoms with Crippen molar-refractivity contribution in [3.63, 3.8) is 0 Å². The van der Waals surface area contributed by atoms with Crippen molar-refractivity contribution in [2.45, 2.75) is 26.2 Å². The summed E-state index contributed by atoms with van der Waals surface area (Å²) in [5.41, 5.74) is 2.31. The van der Waals surface area contributed by atoms with Crippen LogP contribution in [0.25, 0.3) is 10.1 Å². The number of anilines is 1. The Kier molecular flexibility index (Phi) is 4.11. The van der Waals surface area contributed by atoms with E-state index in [1.807, 2.05) is 11.8 Å². The summed E-state index contributed by atoms with van der Waals surface area (Å²) in [5, 5.41) is 1.22. The summed E-state index contributed by atoms with van der Waals surface area (Å²) < 4.78 is 5.88. The van der Waals surface area contributed by atoms with E-state index in [0.29, 0.717) is 5.91 Å². The summed E-state index contributed by atoms with van der Waals surface area (Å²) in [4.78, 5) is 25.3. The van der Waals surface area contributed by atoms with Crippen molar-refractivity contribution in [2.75, 3.05) is 31.1 Å². The third-order valence-electron chi connectivity index (χ3n) is 5.76. The first-order valence-electron chi connectivity index (χ1n) is 9.61. The molecule has 0 saturated carbocycles. The monoisotopic (exact) mass is 381 g/mol. The number of aromatic nitrogens is 3. The third-order valence-corrected chi connectivity index (χ3v) is 6.58. The number of carbonyl (C=O) groups excluding carboxylic acids is 1. The number of nitrogens with one attached hydrogen (secondary N) is 1. The molecule has 5 rings (SSSR count). The van der Waals surface area contributed by atoms with E-state index < -0.39 is 0 Å². The van der Waals surface area contributed by atoms with Gasteiger partial charge in [0.05, 0.1) is 10.4 Å². The normalized spacial score (nSPS) is 20.1. The van der Waals surface area contributed by atoms with Crippen LogP contribution in [-0.2, 0) is 17.6 Å². The summed E-state index contributed by atoms with van der Waals surface area (Å²) in [7, 11) is 0. The van der Waals surface area contributed by atoms with Crippen molar-refractivity contribution in [1.82, 2.24) is 19.2 Å². The number of rotatable bonds is 2.